The zero-order chi connectivity index (χ0) is 20.1. The van der Waals surface area contributed by atoms with Gasteiger partial charge in [0.05, 0.1) is 19.1 Å². The molecule has 1 atom stereocenters. The number of carbonyl (C=O) groups is 1. The van der Waals surface area contributed by atoms with Crippen LogP contribution in [0.2, 0.25) is 0 Å². The van der Waals surface area contributed by atoms with E-state index in [2.05, 4.69) is 0 Å². The van der Waals surface area contributed by atoms with Crippen molar-refractivity contribution < 1.29 is 19.4 Å². The lowest BCUT2D eigenvalue weighted by Gasteiger charge is -2.26. The van der Waals surface area contributed by atoms with Crippen LogP contribution in [-0.4, -0.2) is 35.7 Å². The summed E-state index contributed by atoms with van der Waals surface area (Å²) in [6.07, 6.45) is -0.478. The number of hydrogen-bond acceptors (Lipinski definition) is 5. The average molecular weight is 410 g/mol. The monoisotopic (exact) mass is 409 g/mol. The van der Waals surface area contributed by atoms with Gasteiger partial charge in [-0.25, -0.2) is 0 Å². The van der Waals surface area contributed by atoms with Crippen molar-refractivity contribution in [3.8, 4) is 11.5 Å². The summed E-state index contributed by atoms with van der Waals surface area (Å²) in [5.74, 6) is 1.34. The highest BCUT2D eigenvalue weighted by Crippen LogP contribution is 2.31. The molecular formula is C23H23NO4S. The summed E-state index contributed by atoms with van der Waals surface area (Å²) in [5, 5.41) is 14.4. The van der Waals surface area contributed by atoms with Gasteiger partial charge in [-0.05, 0) is 45.6 Å². The first-order chi connectivity index (χ1) is 14.2. The number of hydrogen-bond donors (Lipinski definition) is 1. The molecule has 1 aromatic heterocycles. The standard InChI is InChI=1S/C23H23NO4S/c25-20(19-8-11-29-16-19)15-24(14-17-4-2-1-3-5-17)23(26)13-18-6-7-21-22(12-18)28-10-9-27-21/h1-8,11-12,16,20,25H,9-10,13-15H2/t20-/m0/s1. The fourth-order valence-corrected chi connectivity index (χ4v) is 4.03. The van der Waals surface area contributed by atoms with E-state index in [1.807, 2.05) is 65.4 Å². The third-order valence-corrected chi connectivity index (χ3v) is 5.55. The van der Waals surface area contributed by atoms with Gasteiger partial charge in [0, 0.05) is 6.54 Å². The van der Waals surface area contributed by atoms with Crippen LogP contribution in [0.5, 0.6) is 11.5 Å². The van der Waals surface area contributed by atoms with Crippen molar-refractivity contribution in [1.82, 2.24) is 4.90 Å². The van der Waals surface area contributed by atoms with Crippen LogP contribution >= 0.6 is 11.3 Å². The molecule has 0 aliphatic carbocycles. The van der Waals surface area contributed by atoms with Crippen molar-refractivity contribution in [3.05, 3.63) is 82.0 Å². The minimum atomic E-state index is -0.714. The number of carbonyl (C=O) groups excluding carboxylic acids is 1. The van der Waals surface area contributed by atoms with E-state index in [9.17, 15) is 9.90 Å². The molecule has 5 nitrogen and oxygen atoms in total. The molecule has 0 radical (unpaired) electrons. The normalized spacial score (nSPS) is 13.7. The molecule has 0 bridgehead atoms. The summed E-state index contributed by atoms with van der Waals surface area (Å²) in [5.41, 5.74) is 2.73. The van der Waals surface area contributed by atoms with Gasteiger partial charge >= 0.3 is 0 Å². The highest BCUT2D eigenvalue weighted by molar-refractivity contribution is 7.07. The maximum absolute atomic E-state index is 13.1. The predicted octanol–water partition coefficient (Wildman–Crippen LogP) is 3.82. The van der Waals surface area contributed by atoms with Crippen LogP contribution in [-0.2, 0) is 17.8 Å². The van der Waals surface area contributed by atoms with Crippen LogP contribution in [0, 0.1) is 0 Å². The van der Waals surface area contributed by atoms with Gasteiger partial charge in [-0.1, -0.05) is 36.4 Å². The minimum absolute atomic E-state index is 0.0418. The highest BCUT2D eigenvalue weighted by Gasteiger charge is 2.21. The van der Waals surface area contributed by atoms with Crippen LogP contribution < -0.4 is 9.47 Å². The SMILES string of the molecule is O=C(Cc1ccc2c(c1)OCCO2)N(Cc1ccccc1)C[C@H](O)c1ccsc1. The van der Waals surface area contributed by atoms with Crippen molar-refractivity contribution in [1.29, 1.82) is 0 Å². The summed E-state index contributed by atoms with van der Waals surface area (Å²) in [6.45, 7) is 1.74. The molecule has 1 aliphatic rings. The first-order valence-electron chi connectivity index (χ1n) is 9.59. The molecule has 2 aromatic carbocycles. The van der Waals surface area contributed by atoms with Gasteiger partial charge in [0.2, 0.25) is 5.91 Å². The van der Waals surface area contributed by atoms with Gasteiger partial charge < -0.3 is 19.5 Å². The summed E-state index contributed by atoms with van der Waals surface area (Å²) < 4.78 is 11.2. The number of nitrogens with zero attached hydrogens (tertiary/aromatic N) is 1. The fraction of sp³-hybridized carbons (Fsp3) is 0.261. The van der Waals surface area contributed by atoms with E-state index >= 15 is 0 Å². The molecule has 0 saturated carbocycles. The van der Waals surface area contributed by atoms with Crippen molar-refractivity contribution in [2.75, 3.05) is 19.8 Å². The molecule has 1 N–H and O–H groups in total. The molecule has 0 fully saturated rings. The van der Waals surface area contributed by atoms with Crippen LogP contribution in [0.15, 0.2) is 65.4 Å². The third kappa shape index (κ3) is 4.96. The summed E-state index contributed by atoms with van der Waals surface area (Å²) in [7, 11) is 0. The second-order valence-corrected chi connectivity index (χ2v) is 7.77. The summed E-state index contributed by atoms with van der Waals surface area (Å²) >= 11 is 1.53. The Hall–Kier alpha value is -2.83. The van der Waals surface area contributed by atoms with E-state index < -0.39 is 6.10 Å². The third-order valence-electron chi connectivity index (χ3n) is 4.85. The van der Waals surface area contributed by atoms with Gasteiger partial charge in [-0.15, -0.1) is 0 Å². The lowest BCUT2D eigenvalue weighted by atomic mass is 10.1. The quantitative estimate of drug-likeness (QED) is 0.644. The van der Waals surface area contributed by atoms with Crippen LogP contribution in [0.25, 0.3) is 0 Å². The zero-order valence-corrected chi connectivity index (χ0v) is 16.8. The van der Waals surface area contributed by atoms with E-state index in [4.69, 9.17) is 9.47 Å². The minimum Gasteiger partial charge on any atom is -0.486 e. The summed E-state index contributed by atoms with van der Waals surface area (Å²) in [6, 6.07) is 17.3. The molecule has 1 amide bonds. The Morgan fingerprint density at radius 3 is 2.59 bits per heavy atom. The van der Waals surface area contributed by atoms with Crippen molar-refractivity contribution in [3.63, 3.8) is 0 Å². The molecule has 1 aliphatic heterocycles. The summed E-state index contributed by atoms with van der Waals surface area (Å²) in [4.78, 5) is 14.9. The Bertz CT molecular complexity index is 943. The highest BCUT2D eigenvalue weighted by atomic mass is 32.1. The fourth-order valence-electron chi connectivity index (χ4n) is 3.32. The lowest BCUT2D eigenvalue weighted by Crippen LogP contribution is -2.35. The Morgan fingerprint density at radius 1 is 1.03 bits per heavy atom. The van der Waals surface area contributed by atoms with E-state index in [0.717, 1.165) is 16.7 Å². The zero-order valence-electron chi connectivity index (χ0n) is 16.0. The Kier molecular flexibility index (Phi) is 6.12. The van der Waals surface area contributed by atoms with Crippen LogP contribution in [0.1, 0.15) is 22.8 Å². The molecule has 0 spiro atoms. The largest absolute Gasteiger partial charge is 0.486 e. The van der Waals surface area contributed by atoms with Crippen molar-refractivity contribution >= 4 is 17.2 Å². The number of rotatable bonds is 7. The average Bonchev–Trinajstić information content (AvgIpc) is 3.29. The van der Waals surface area contributed by atoms with E-state index in [1.165, 1.54) is 11.3 Å². The second-order valence-electron chi connectivity index (χ2n) is 6.99. The molecular weight excluding hydrogens is 386 g/mol. The van der Waals surface area contributed by atoms with E-state index in [0.29, 0.717) is 31.3 Å². The molecule has 150 valence electrons. The molecule has 2 heterocycles. The Labute approximate surface area is 174 Å². The van der Waals surface area contributed by atoms with Crippen molar-refractivity contribution in [2.24, 2.45) is 0 Å². The number of amides is 1. The van der Waals surface area contributed by atoms with Crippen LogP contribution in [0.4, 0.5) is 0 Å². The Balaban J connectivity index is 1.50. The van der Waals surface area contributed by atoms with Gasteiger partial charge in [-0.3, -0.25) is 4.79 Å². The van der Waals surface area contributed by atoms with E-state index in [-0.39, 0.29) is 18.9 Å². The number of ether oxygens (including phenoxy) is 2. The lowest BCUT2D eigenvalue weighted by molar-refractivity contribution is -0.132. The molecule has 4 rings (SSSR count). The van der Waals surface area contributed by atoms with Gasteiger partial charge in [0.25, 0.3) is 0 Å². The number of aliphatic hydroxyl groups is 1. The van der Waals surface area contributed by atoms with Gasteiger partial charge in [0.1, 0.15) is 13.2 Å². The smallest absolute Gasteiger partial charge is 0.227 e. The van der Waals surface area contributed by atoms with Gasteiger partial charge in [0.15, 0.2) is 11.5 Å². The van der Waals surface area contributed by atoms with E-state index in [1.54, 1.807) is 4.90 Å². The van der Waals surface area contributed by atoms with Crippen LogP contribution in [0.3, 0.4) is 0 Å². The maximum atomic E-state index is 13.1. The number of aliphatic hydroxyl groups excluding tert-OH is 1. The molecule has 3 aromatic rings. The predicted molar refractivity (Wildman–Crippen MR) is 112 cm³/mol. The first-order valence-corrected chi connectivity index (χ1v) is 10.5. The topological polar surface area (TPSA) is 59.0 Å². The molecule has 0 unspecified atom stereocenters. The molecule has 29 heavy (non-hydrogen) atoms. The van der Waals surface area contributed by atoms with Crippen molar-refractivity contribution in [2.45, 2.75) is 19.1 Å². The molecule has 0 saturated heterocycles. The maximum Gasteiger partial charge on any atom is 0.227 e. The van der Waals surface area contributed by atoms with Gasteiger partial charge in [-0.2, -0.15) is 11.3 Å². The Morgan fingerprint density at radius 2 is 1.83 bits per heavy atom. The second kappa shape index (κ2) is 9.11. The molecule has 6 heteroatoms. The first kappa shape index (κ1) is 19.5. The number of thiophene rings is 1. The number of fused-ring (bicyclic) bond motifs is 1. The number of benzene rings is 2.